The molecule has 0 atom stereocenters. The number of aromatic hydroxyl groups is 1. The summed E-state index contributed by atoms with van der Waals surface area (Å²) in [6.45, 7) is 13.4. The standard InChI is InChI=1S/C39H39N3O/c1-24(2)27-17-18-33-28(21-27)19-20-40-37(33)30-12-9-11-29(22-30)35-23-42(39(41-35)34-13-7-8-16-36(34)43)38-31(25(3)4)14-10-15-32(38)26(5)6/h7-26,43H,1-6H3. The van der Waals surface area contributed by atoms with Crippen molar-refractivity contribution < 1.29 is 5.11 Å². The first-order valence-electron chi connectivity index (χ1n) is 15.2. The number of hydrogen-bond donors (Lipinski definition) is 1. The molecule has 0 saturated heterocycles. The Bertz CT molecular complexity index is 1900. The van der Waals surface area contributed by atoms with Crippen LogP contribution in [-0.4, -0.2) is 19.6 Å². The molecule has 0 aliphatic carbocycles. The van der Waals surface area contributed by atoms with Crippen LogP contribution in [0.3, 0.4) is 0 Å². The summed E-state index contributed by atoms with van der Waals surface area (Å²) < 4.78 is 2.19. The number of para-hydroxylation sites is 2. The maximum absolute atomic E-state index is 11.0. The van der Waals surface area contributed by atoms with Crippen molar-refractivity contribution in [2.24, 2.45) is 0 Å². The van der Waals surface area contributed by atoms with Gasteiger partial charge in [0.15, 0.2) is 0 Å². The quantitative estimate of drug-likeness (QED) is 0.209. The predicted octanol–water partition coefficient (Wildman–Crippen LogP) is 10.5. The van der Waals surface area contributed by atoms with Crippen molar-refractivity contribution in [3.63, 3.8) is 0 Å². The number of aromatic nitrogens is 3. The lowest BCUT2D eigenvalue weighted by molar-refractivity contribution is 0.477. The molecule has 0 amide bonds. The van der Waals surface area contributed by atoms with Crippen molar-refractivity contribution in [3.05, 3.63) is 120 Å². The molecule has 2 aromatic heterocycles. The lowest BCUT2D eigenvalue weighted by Crippen LogP contribution is -2.07. The number of imidazole rings is 1. The summed E-state index contributed by atoms with van der Waals surface area (Å²) >= 11 is 0. The summed E-state index contributed by atoms with van der Waals surface area (Å²) in [6.07, 6.45) is 4.02. The van der Waals surface area contributed by atoms with Crippen LogP contribution in [0.2, 0.25) is 0 Å². The molecule has 0 unspecified atom stereocenters. The molecule has 2 heterocycles. The van der Waals surface area contributed by atoms with E-state index in [1.165, 1.54) is 22.1 Å². The number of benzene rings is 4. The van der Waals surface area contributed by atoms with Crippen molar-refractivity contribution in [1.29, 1.82) is 0 Å². The average molecular weight is 566 g/mol. The molecule has 4 aromatic carbocycles. The molecule has 0 radical (unpaired) electrons. The largest absolute Gasteiger partial charge is 0.507 e. The van der Waals surface area contributed by atoms with Crippen LogP contribution < -0.4 is 0 Å². The van der Waals surface area contributed by atoms with Crippen LogP contribution in [-0.2, 0) is 0 Å². The number of hydrogen-bond acceptors (Lipinski definition) is 3. The maximum atomic E-state index is 11.0. The molecule has 43 heavy (non-hydrogen) atoms. The van der Waals surface area contributed by atoms with Crippen LogP contribution >= 0.6 is 0 Å². The Morgan fingerprint density at radius 3 is 2.07 bits per heavy atom. The third-order valence-electron chi connectivity index (χ3n) is 8.32. The molecule has 216 valence electrons. The fraction of sp³-hybridized carbons (Fsp3) is 0.231. The molecule has 0 bridgehead atoms. The van der Waals surface area contributed by atoms with Crippen LogP contribution in [0.5, 0.6) is 5.75 Å². The van der Waals surface area contributed by atoms with Gasteiger partial charge in [0.1, 0.15) is 11.6 Å². The predicted molar refractivity (Wildman–Crippen MR) is 179 cm³/mol. The third-order valence-corrected chi connectivity index (χ3v) is 8.32. The molecule has 0 saturated carbocycles. The number of pyridine rings is 1. The van der Waals surface area contributed by atoms with E-state index in [0.717, 1.165) is 39.4 Å². The Morgan fingerprint density at radius 2 is 1.37 bits per heavy atom. The van der Waals surface area contributed by atoms with Gasteiger partial charge in [0, 0.05) is 28.9 Å². The maximum Gasteiger partial charge on any atom is 0.148 e. The average Bonchev–Trinajstić information content (AvgIpc) is 3.45. The van der Waals surface area contributed by atoms with E-state index in [2.05, 4.69) is 119 Å². The number of rotatable bonds is 7. The van der Waals surface area contributed by atoms with Gasteiger partial charge >= 0.3 is 0 Å². The molecule has 6 rings (SSSR count). The molecule has 0 aliphatic rings. The van der Waals surface area contributed by atoms with Crippen LogP contribution in [0, 0.1) is 0 Å². The van der Waals surface area contributed by atoms with Gasteiger partial charge in [0.2, 0.25) is 0 Å². The minimum Gasteiger partial charge on any atom is -0.507 e. The minimum atomic E-state index is 0.212. The number of phenols is 1. The highest BCUT2D eigenvalue weighted by Crippen LogP contribution is 2.39. The van der Waals surface area contributed by atoms with Gasteiger partial charge < -0.3 is 5.11 Å². The lowest BCUT2D eigenvalue weighted by Gasteiger charge is -2.22. The first-order valence-corrected chi connectivity index (χ1v) is 15.2. The smallest absolute Gasteiger partial charge is 0.148 e. The Kier molecular flexibility index (Phi) is 7.62. The summed E-state index contributed by atoms with van der Waals surface area (Å²) in [5.41, 5.74) is 9.51. The van der Waals surface area contributed by atoms with E-state index in [0.29, 0.717) is 23.3 Å². The van der Waals surface area contributed by atoms with Crippen LogP contribution in [0.15, 0.2) is 103 Å². The third kappa shape index (κ3) is 5.34. The lowest BCUT2D eigenvalue weighted by atomic mass is 9.92. The van der Waals surface area contributed by atoms with Crippen LogP contribution in [0.25, 0.3) is 50.4 Å². The van der Waals surface area contributed by atoms with Crippen molar-refractivity contribution in [3.8, 4) is 45.3 Å². The van der Waals surface area contributed by atoms with E-state index >= 15 is 0 Å². The molecule has 6 aromatic rings. The van der Waals surface area contributed by atoms with Crippen LogP contribution in [0.1, 0.15) is 76.0 Å². The summed E-state index contributed by atoms with van der Waals surface area (Å²) in [6, 6.07) is 31.3. The van der Waals surface area contributed by atoms with Crippen molar-refractivity contribution in [2.75, 3.05) is 0 Å². The molecular weight excluding hydrogens is 526 g/mol. The van der Waals surface area contributed by atoms with Gasteiger partial charge in [-0.15, -0.1) is 0 Å². The minimum absolute atomic E-state index is 0.212. The van der Waals surface area contributed by atoms with Crippen molar-refractivity contribution in [1.82, 2.24) is 14.5 Å². The molecule has 0 fully saturated rings. The number of fused-ring (bicyclic) bond motifs is 1. The van der Waals surface area contributed by atoms with Crippen molar-refractivity contribution in [2.45, 2.75) is 59.3 Å². The SMILES string of the molecule is CC(C)c1ccc2c(-c3cccc(-c4cn(-c5c(C(C)C)cccc5C(C)C)c(-c5ccccc5O)n4)c3)nccc2c1. The summed E-state index contributed by atoms with van der Waals surface area (Å²) in [4.78, 5) is 10.0. The van der Waals surface area contributed by atoms with E-state index in [4.69, 9.17) is 9.97 Å². The zero-order valence-electron chi connectivity index (χ0n) is 25.8. The highest BCUT2D eigenvalue weighted by Gasteiger charge is 2.22. The van der Waals surface area contributed by atoms with E-state index < -0.39 is 0 Å². The van der Waals surface area contributed by atoms with E-state index in [1.807, 2.05) is 24.4 Å². The first-order chi connectivity index (χ1) is 20.7. The monoisotopic (exact) mass is 565 g/mol. The number of phenolic OH excluding ortho intramolecular Hbond substituents is 1. The van der Waals surface area contributed by atoms with E-state index in [1.54, 1.807) is 6.07 Å². The zero-order chi connectivity index (χ0) is 30.2. The number of nitrogens with zero attached hydrogens (tertiary/aromatic N) is 3. The normalized spacial score (nSPS) is 11.7. The molecular formula is C39H39N3O. The van der Waals surface area contributed by atoms with E-state index in [9.17, 15) is 5.11 Å². The fourth-order valence-electron chi connectivity index (χ4n) is 5.94. The zero-order valence-corrected chi connectivity index (χ0v) is 25.8. The summed E-state index contributed by atoms with van der Waals surface area (Å²) in [5, 5.41) is 13.3. The molecule has 0 spiro atoms. The highest BCUT2D eigenvalue weighted by molar-refractivity contribution is 5.95. The van der Waals surface area contributed by atoms with E-state index in [-0.39, 0.29) is 5.75 Å². The summed E-state index contributed by atoms with van der Waals surface area (Å²) in [5.74, 6) is 2.03. The summed E-state index contributed by atoms with van der Waals surface area (Å²) in [7, 11) is 0. The van der Waals surface area contributed by atoms with Gasteiger partial charge in [0.05, 0.1) is 22.6 Å². The first kappa shape index (κ1) is 28.4. The molecule has 0 aliphatic heterocycles. The van der Waals surface area contributed by atoms with Gasteiger partial charge in [-0.3, -0.25) is 9.55 Å². The van der Waals surface area contributed by atoms with Gasteiger partial charge in [-0.1, -0.05) is 108 Å². The highest BCUT2D eigenvalue weighted by atomic mass is 16.3. The second kappa shape index (κ2) is 11.5. The van der Waals surface area contributed by atoms with Gasteiger partial charge in [0.25, 0.3) is 0 Å². The van der Waals surface area contributed by atoms with Crippen molar-refractivity contribution >= 4 is 10.8 Å². The Labute approximate surface area is 254 Å². The topological polar surface area (TPSA) is 50.9 Å². The molecule has 4 nitrogen and oxygen atoms in total. The van der Waals surface area contributed by atoms with Gasteiger partial charge in [-0.2, -0.15) is 0 Å². The van der Waals surface area contributed by atoms with Gasteiger partial charge in [-0.25, -0.2) is 4.98 Å². The fourth-order valence-corrected chi connectivity index (χ4v) is 5.94. The Hall–Kier alpha value is -4.70. The molecule has 4 heteroatoms. The Balaban J connectivity index is 1.55. The van der Waals surface area contributed by atoms with Gasteiger partial charge in [-0.05, 0) is 64.1 Å². The second-order valence-corrected chi connectivity index (χ2v) is 12.3. The second-order valence-electron chi connectivity index (χ2n) is 12.3. The Morgan fingerprint density at radius 1 is 0.674 bits per heavy atom. The van der Waals surface area contributed by atoms with Crippen LogP contribution in [0.4, 0.5) is 0 Å². The molecule has 1 N–H and O–H groups in total.